The first kappa shape index (κ1) is 13.4. The van der Waals surface area contributed by atoms with Gasteiger partial charge in [0, 0.05) is 13.1 Å². The van der Waals surface area contributed by atoms with Gasteiger partial charge in [0.1, 0.15) is 0 Å². The normalized spacial score (nSPS) is 9.27. The van der Waals surface area contributed by atoms with Gasteiger partial charge in [0.25, 0.3) is 0 Å². The van der Waals surface area contributed by atoms with Gasteiger partial charge in [-0.3, -0.25) is 0 Å². The molecular weight excluding hydrogens is 140 g/mol. The molecule has 0 fully saturated rings. The Hall–Kier alpha value is -0.160. The Morgan fingerprint density at radius 2 is 1.36 bits per heavy atom. The van der Waals surface area contributed by atoms with E-state index in [0.717, 1.165) is 32.6 Å². The van der Waals surface area contributed by atoms with Gasteiger partial charge in [0.2, 0.25) is 0 Å². The van der Waals surface area contributed by atoms with E-state index in [-0.39, 0.29) is 0 Å². The third-order valence-electron chi connectivity index (χ3n) is 0.985. The van der Waals surface area contributed by atoms with Gasteiger partial charge in [0.05, 0.1) is 0 Å². The first-order valence-electron chi connectivity index (χ1n) is 3.94. The van der Waals surface area contributed by atoms with Crippen molar-refractivity contribution in [2.45, 2.75) is 6.42 Å². The molecule has 11 heavy (non-hydrogen) atoms. The number of hydrogen-bond acceptors (Lipinski definition) is 4. The van der Waals surface area contributed by atoms with E-state index in [1.807, 2.05) is 14.1 Å². The van der Waals surface area contributed by atoms with Crippen molar-refractivity contribution in [1.82, 2.24) is 4.90 Å². The van der Waals surface area contributed by atoms with Crippen molar-refractivity contribution in [3.8, 4) is 0 Å². The first-order valence-corrected chi connectivity index (χ1v) is 3.94. The van der Waals surface area contributed by atoms with Crippen LogP contribution in [0.1, 0.15) is 6.42 Å². The average Bonchev–Trinajstić information content (AvgIpc) is 1.90. The fourth-order valence-corrected chi connectivity index (χ4v) is 0.376. The van der Waals surface area contributed by atoms with E-state index in [1.54, 1.807) is 0 Å². The van der Waals surface area contributed by atoms with E-state index in [9.17, 15) is 0 Å². The molecule has 0 aromatic heterocycles. The summed E-state index contributed by atoms with van der Waals surface area (Å²) in [5.74, 6) is 0. The number of likely N-dealkylation sites (N-methyl/N-ethyl adjacent to an activating group) is 1. The van der Waals surface area contributed by atoms with Gasteiger partial charge in [-0.05, 0) is 33.6 Å². The summed E-state index contributed by atoms with van der Waals surface area (Å²) >= 11 is 0. The second kappa shape index (κ2) is 12.5. The van der Waals surface area contributed by atoms with Crippen molar-refractivity contribution < 1.29 is 0 Å². The van der Waals surface area contributed by atoms with Gasteiger partial charge in [0.15, 0.2) is 0 Å². The third kappa shape index (κ3) is 25.8. The Bertz CT molecular complexity index is 54.4. The lowest BCUT2D eigenvalue weighted by Gasteiger charge is -2.03. The monoisotopic (exact) mass is 162 g/mol. The highest BCUT2D eigenvalue weighted by Crippen LogP contribution is 1.64. The molecule has 6 N–H and O–H groups in total. The Labute approximate surface area is 69.7 Å². The Morgan fingerprint density at radius 3 is 1.36 bits per heavy atom. The van der Waals surface area contributed by atoms with E-state index in [0.29, 0.717) is 0 Å². The lowest BCUT2D eigenvalue weighted by Crippen LogP contribution is -2.20. The maximum Gasteiger partial charge on any atom is 0.00985 e. The molecule has 0 aliphatic heterocycles. The quantitative estimate of drug-likeness (QED) is 0.485. The summed E-state index contributed by atoms with van der Waals surface area (Å²) in [4.78, 5) is 2.06. The molecule has 0 amide bonds. The minimum Gasteiger partial charge on any atom is -0.330 e. The fourth-order valence-electron chi connectivity index (χ4n) is 0.376. The summed E-state index contributed by atoms with van der Waals surface area (Å²) < 4.78 is 0. The predicted molar refractivity (Wildman–Crippen MR) is 50.3 cm³/mol. The molecule has 0 bridgehead atoms. The zero-order valence-corrected chi connectivity index (χ0v) is 7.71. The molecule has 0 saturated carbocycles. The smallest absolute Gasteiger partial charge is 0.00985 e. The maximum atomic E-state index is 5.19. The highest BCUT2D eigenvalue weighted by molar-refractivity contribution is 4.38. The summed E-state index contributed by atoms with van der Waals surface area (Å²) in [6.45, 7) is 3.18. The van der Waals surface area contributed by atoms with Crippen molar-refractivity contribution in [3.05, 3.63) is 0 Å². The molecule has 4 heteroatoms. The van der Waals surface area contributed by atoms with Crippen LogP contribution in [-0.4, -0.2) is 45.2 Å². The summed E-state index contributed by atoms with van der Waals surface area (Å²) in [5, 5.41) is 0. The van der Waals surface area contributed by atoms with E-state index < -0.39 is 0 Å². The Morgan fingerprint density at radius 1 is 0.909 bits per heavy atom. The molecule has 0 saturated heterocycles. The topological polar surface area (TPSA) is 81.3 Å². The molecule has 0 unspecified atom stereocenters. The minimum absolute atomic E-state index is 0.719. The lowest BCUT2D eigenvalue weighted by atomic mass is 10.4. The molecular formula is C7H22N4. The van der Waals surface area contributed by atoms with Crippen LogP contribution in [0.5, 0.6) is 0 Å². The van der Waals surface area contributed by atoms with Gasteiger partial charge in [-0.1, -0.05) is 0 Å². The largest absolute Gasteiger partial charge is 0.330 e. The van der Waals surface area contributed by atoms with Crippen LogP contribution in [0.15, 0.2) is 0 Å². The van der Waals surface area contributed by atoms with Crippen molar-refractivity contribution in [3.63, 3.8) is 0 Å². The molecule has 0 rings (SSSR count). The molecule has 0 aromatic carbocycles. The summed E-state index contributed by atoms with van der Waals surface area (Å²) in [7, 11) is 4.01. The van der Waals surface area contributed by atoms with E-state index in [4.69, 9.17) is 17.2 Å². The predicted octanol–water partition coefficient (Wildman–Crippen LogP) is -1.20. The van der Waals surface area contributed by atoms with Crippen LogP contribution in [0.2, 0.25) is 0 Å². The van der Waals surface area contributed by atoms with Crippen molar-refractivity contribution in [1.29, 1.82) is 0 Å². The molecule has 4 nitrogen and oxygen atoms in total. The van der Waals surface area contributed by atoms with Crippen molar-refractivity contribution in [2.75, 3.05) is 40.3 Å². The number of nitrogens with zero attached hydrogens (tertiary/aromatic N) is 1. The molecule has 70 valence electrons. The number of nitrogens with two attached hydrogens (primary N) is 3. The molecule has 0 spiro atoms. The van der Waals surface area contributed by atoms with Crippen molar-refractivity contribution >= 4 is 0 Å². The SMILES string of the molecule is CN(C)CCN.NCCCN. The second-order valence-corrected chi connectivity index (χ2v) is 2.52. The van der Waals surface area contributed by atoms with Crippen LogP contribution in [-0.2, 0) is 0 Å². The van der Waals surface area contributed by atoms with Gasteiger partial charge >= 0.3 is 0 Å². The third-order valence-corrected chi connectivity index (χ3v) is 0.985. The highest BCUT2D eigenvalue weighted by Gasteiger charge is 1.79. The summed E-state index contributed by atoms with van der Waals surface area (Å²) in [6.07, 6.45) is 0.944. The lowest BCUT2D eigenvalue weighted by molar-refractivity contribution is 0.420. The van der Waals surface area contributed by atoms with Crippen LogP contribution < -0.4 is 17.2 Å². The molecule has 0 radical (unpaired) electrons. The van der Waals surface area contributed by atoms with Gasteiger partial charge in [-0.2, -0.15) is 0 Å². The van der Waals surface area contributed by atoms with Crippen LogP contribution in [0.25, 0.3) is 0 Å². The Balaban J connectivity index is 0. The Kier molecular flexibility index (Phi) is 15.3. The standard InChI is InChI=1S/C4H12N2.C3H10N2/c1-6(2)4-3-5;4-2-1-3-5/h3-5H2,1-2H3;1-5H2. The summed E-state index contributed by atoms with van der Waals surface area (Å²) in [6, 6.07) is 0. The first-order chi connectivity index (χ1) is 5.18. The minimum atomic E-state index is 0.719. The maximum absolute atomic E-state index is 5.19. The van der Waals surface area contributed by atoms with Crippen molar-refractivity contribution in [2.24, 2.45) is 17.2 Å². The number of rotatable bonds is 4. The number of hydrogen-bond donors (Lipinski definition) is 3. The van der Waals surface area contributed by atoms with E-state index in [2.05, 4.69) is 4.90 Å². The van der Waals surface area contributed by atoms with Gasteiger partial charge < -0.3 is 22.1 Å². The van der Waals surface area contributed by atoms with Crippen LogP contribution >= 0.6 is 0 Å². The zero-order valence-electron chi connectivity index (χ0n) is 7.71. The molecule has 0 aliphatic carbocycles. The molecule has 0 atom stereocenters. The van der Waals surface area contributed by atoms with Gasteiger partial charge in [-0.25, -0.2) is 0 Å². The zero-order chi connectivity index (χ0) is 9.11. The van der Waals surface area contributed by atoms with E-state index in [1.165, 1.54) is 0 Å². The molecule has 0 aromatic rings. The second-order valence-electron chi connectivity index (χ2n) is 2.52. The van der Waals surface area contributed by atoms with Crippen LogP contribution in [0, 0.1) is 0 Å². The fraction of sp³-hybridized carbons (Fsp3) is 1.00. The molecule has 0 aliphatic rings. The highest BCUT2D eigenvalue weighted by atomic mass is 15.1. The van der Waals surface area contributed by atoms with Crippen LogP contribution in [0.3, 0.4) is 0 Å². The van der Waals surface area contributed by atoms with E-state index >= 15 is 0 Å². The van der Waals surface area contributed by atoms with Crippen LogP contribution in [0.4, 0.5) is 0 Å². The average molecular weight is 162 g/mol. The summed E-state index contributed by atoms with van der Waals surface area (Å²) in [5.41, 5.74) is 15.3. The van der Waals surface area contributed by atoms with Gasteiger partial charge in [-0.15, -0.1) is 0 Å². The molecule has 0 heterocycles.